The lowest BCUT2D eigenvalue weighted by atomic mass is 10.2. The first kappa shape index (κ1) is 22.2. The summed E-state index contributed by atoms with van der Waals surface area (Å²) in [6.07, 6.45) is -3.62. The largest absolute Gasteiger partial charge is 0.436 e. The highest BCUT2D eigenvalue weighted by Gasteiger charge is 2.38. The molecule has 2 heterocycles. The molecule has 1 saturated heterocycles. The summed E-state index contributed by atoms with van der Waals surface area (Å²) in [6.45, 7) is 5.01. The number of hydrogen-bond acceptors (Lipinski definition) is 3. The molecule has 0 N–H and O–H groups in total. The Morgan fingerprint density at radius 1 is 1.14 bits per heavy atom. The second-order valence-corrected chi connectivity index (χ2v) is 6.82. The fourth-order valence-corrected chi connectivity index (χ4v) is 3.01. The van der Waals surface area contributed by atoms with Gasteiger partial charge in [0, 0.05) is 31.9 Å². The van der Waals surface area contributed by atoms with Crippen molar-refractivity contribution in [2.24, 2.45) is 0 Å². The lowest BCUT2D eigenvalue weighted by Crippen LogP contribution is -2.48. The van der Waals surface area contributed by atoms with Gasteiger partial charge in [-0.1, -0.05) is 11.6 Å². The third-order valence-corrected chi connectivity index (χ3v) is 4.94. The van der Waals surface area contributed by atoms with Crippen LogP contribution in [0.3, 0.4) is 0 Å². The second kappa shape index (κ2) is 8.50. The average molecular weight is 427 g/mol. The van der Waals surface area contributed by atoms with Gasteiger partial charge in [-0.3, -0.25) is 9.48 Å². The molecule has 1 aliphatic heterocycles. The summed E-state index contributed by atoms with van der Waals surface area (Å²) in [5.41, 5.74) is -0.641. The van der Waals surface area contributed by atoms with Gasteiger partial charge >= 0.3 is 6.18 Å². The number of alkyl halides is 3. The number of hydrogen-bond donors (Lipinski definition) is 0. The van der Waals surface area contributed by atoms with Crippen LogP contribution in [0.2, 0.25) is 5.02 Å². The topological polar surface area (TPSA) is 41.4 Å². The standard InChI is InChI=1S/C17H20ClF5N4O/c1-10(8-13(20)11(2)19)25-4-6-26(7-5-25)14(28)9-27-12(3)15(18)16(24-27)17(21,22)23/h8H,4-7,9H2,1-3H3/b10-8+,13-11-. The van der Waals surface area contributed by atoms with E-state index in [0.29, 0.717) is 31.9 Å². The summed E-state index contributed by atoms with van der Waals surface area (Å²) >= 11 is 5.68. The Labute approximate surface area is 164 Å². The van der Waals surface area contributed by atoms with Crippen LogP contribution in [0.5, 0.6) is 0 Å². The van der Waals surface area contributed by atoms with E-state index in [2.05, 4.69) is 5.10 Å². The highest BCUT2D eigenvalue weighted by atomic mass is 35.5. The summed E-state index contributed by atoms with van der Waals surface area (Å²) in [4.78, 5) is 15.7. The van der Waals surface area contributed by atoms with Crippen molar-refractivity contribution in [1.29, 1.82) is 0 Å². The number of allylic oxidation sites excluding steroid dienone is 4. The number of piperazine rings is 1. The molecule has 1 aliphatic rings. The highest BCUT2D eigenvalue weighted by molar-refractivity contribution is 6.32. The molecule has 1 aromatic heterocycles. The summed E-state index contributed by atoms with van der Waals surface area (Å²) in [5.74, 6) is -2.27. The number of rotatable bonds is 4. The van der Waals surface area contributed by atoms with Crippen LogP contribution in [0.1, 0.15) is 25.2 Å². The van der Waals surface area contributed by atoms with E-state index < -0.39 is 34.5 Å². The number of halogens is 6. The lowest BCUT2D eigenvalue weighted by Gasteiger charge is -2.36. The van der Waals surface area contributed by atoms with Crippen LogP contribution in [-0.4, -0.2) is 51.7 Å². The summed E-state index contributed by atoms with van der Waals surface area (Å²) in [5, 5.41) is 2.89. The van der Waals surface area contributed by atoms with Crippen LogP contribution < -0.4 is 0 Å². The maximum Gasteiger partial charge on any atom is 0.436 e. The minimum absolute atomic E-state index is 0.0589. The molecule has 0 bridgehead atoms. The van der Waals surface area contributed by atoms with E-state index in [9.17, 15) is 26.7 Å². The number of carbonyl (C=O) groups is 1. The average Bonchev–Trinajstić information content (AvgIpc) is 2.90. The van der Waals surface area contributed by atoms with E-state index in [4.69, 9.17) is 11.6 Å². The van der Waals surface area contributed by atoms with Crippen molar-refractivity contribution in [1.82, 2.24) is 19.6 Å². The van der Waals surface area contributed by atoms with E-state index in [0.717, 1.165) is 17.7 Å². The van der Waals surface area contributed by atoms with Crippen LogP contribution in [-0.2, 0) is 17.5 Å². The van der Waals surface area contributed by atoms with Gasteiger partial charge in [0.15, 0.2) is 11.5 Å². The molecule has 0 unspecified atom stereocenters. The zero-order chi connectivity index (χ0) is 21.2. The first-order chi connectivity index (χ1) is 12.9. The van der Waals surface area contributed by atoms with Gasteiger partial charge in [0.05, 0.1) is 10.7 Å². The van der Waals surface area contributed by atoms with Crippen molar-refractivity contribution < 1.29 is 26.7 Å². The molecular weight excluding hydrogens is 407 g/mol. The molecule has 1 fully saturated rings. The van der Waals surface area contributed by atoms with E-state index >= 15 is 0 Å². The van der Waals surface area contributed by atoms with E-state index in [-0.39, 0.29) is 12.2 Å². The van der Waals surface area contributed by atoms with Crippen LogP contribution in [0.4, 0.5) is 22.0 Å². The number of carbonyl (C=O) groups excluding carboxylic acids is 1. The molecular formula is C17H20ClF5N4O. The number of nitrogens with zero attached hydrogens (tertiary/aromatic N) is 4. The van der Waals surface area contributed by atoms with E-state index in [1.165, 1.54) is 11.8 Å². The Morgan fingerprint density at radius 2 is 1.68 bits per heavy atom. The molecule has 0 spiro atoms. The molecule has 0 aliphatic carbocycles. The van der Waals surface area contributed by atoms with Gasteiger partial charge in [-0.05, 0) is 26.8 Å². The summed E-state index contributed by atoms with van der Waals surface area (Å²) < 4.78 is 65.8. The Hall–Kier alpha value is -2.10. The van der Waals surface area contributed by atoms with Gasteiger partial charge in [-0.15, -0.1) is 0 Å². The molecule has 0 atom stereocenters. The van der Waals surface area contributed by atoms with Gasteiger partial charge in [0.2, 0.25) is 5.91 Å². The van der Waals surface area contributed by atoms with Gasteiger partial charge in [0.25, 0.3) is 0 Å². The number of amides is 1. The third kappa shape index (κ3) is 5.03. The van der Waals surface area contributed by atoms with Gasteiger partial charge in [-0.25, -0.2) is 8.78 Å². The van der Waals surface area contributed by atoms with Crippen molar-refractivity contribution in [3.63, 3.8) is 0 Å². The maximum absolute atomic E-state index is 13.4. The van der Waals surface area contributed by atoms with Gasteiger partial charge in [-0.2, -0.15) is 18.3 Å². The fraction of sp³-hybridized carbons (Fsp3) is 0.529. The molecule has 11 heteroatoms. The minimum Gasteiger partial charge on any atom is -0.371 e. The zero-order valence-corrected chi connectivity index (χ0v) is 16.3. The quantitative estimate of drug-likeness (QED) is 0.538. The van der Waals surface area contributed by atoms with Crippen molar-refractivity contribution in [2.45, 2.75) is 33.5 Å². The first-order valence-corrected chi connectivity index (χ1v) is 8.82. The zero-order valence-electron chi connectivity index (χ0n) is 15.6. The van der Waals surface area contributed by atoms with E-state index in [1.807, 2.05) is 0 Å². The van der Waals surface area contributed by atoms with E-state index in [1.54, 1.807) is 11.8 Å². The molecule has 5 nitrogen and oxygen atoms in total. The molecule has 0 radical (unpaired) electrons. The van der Waals surface area contributed by atoms with Crippen molar-refractivity contribution in [3.05, 3.63) is 39.8 Å². The first-order valence-electron chi connectivity index (χ1n) is 8.44. The van der Waals surface area contributed by atoms with Crippen molar-refractivity contribution in [3.8, 4) is 0 Å². The number of aromatic nitrogens is 2. The van der Waals surface area contributed by atoms with Gasteiger partial charge in [0.1, 0.15) is 12.4 Å². The maximum atomic E-state index is 13.4. The molecule has 1 amide bonds. The Morgan fingerprint density at radius 3 is 2.14 bits per heavy atom. The predicted octanol–water partition coefficient (Wildman–Crippen LogP) is 4.08. The van der Waals surface area contributed by atoms with Gasteiger partial charge < -0.3 is 9.80 Å². The lowest BCUT2D eigenvalue weighted by molar-refractivity contribution is -0.142. The van der Waals surface area contributed by atoms with Crippen LogP contribution in [0.25, 0.3) is 0 Å². The second-order valence-electron chi connectivity index (χ2n) is 6.44. The minimum atomic E-state index is -4.70. The smallest absolute Gasteiger partial charge is 0.371 e. The molecule has 28 heavy (non-hydrogen) atoms. The molecule has 1 aromatic rings. The SMILES string of the molecule is C/C(F)=C(F)\C=C(/C)N1CCN(C(=O)Cn2nc(C(F)(F)F)c(Cl)c2C)CC1. The third-order valence-electron chi connectivity index (χ3n) is 4.48. The Balaban J connectivity index is 2.01. The molecule has 0 saturated carbocycles. The fourth-order valence-electron chi connectivity index (χ4n) is 2.77. The monoisotopic (exact) mass is 426 g/mol. The van der Waals surface area contributed by atoms with Crippen LogP contribution >= 0.6 is 11.6 Å². The molecule has 2 rings (SSSR count). The Bertz CT molecular complexity index is 803. The van der Waals surface area contributed by atoms with Crippen molar-refractivity contribution in [2.75, 3.05) is 26.2 Å². The highest BCUT2D eigenvalue weighted by Crippen LogP contribution is 2.35. The normalized spacial score (nSPS) is 17.1. The van der Waals surface area contributed by atoms with Crippen LogP contribution in [0.15, 0.2) is 23.4 Å². The summed E-state index contributed by atoms with van der Waals surface area (Å²) in [7, 11) is 0. The molecule has 156 valence electrons. The Kier molecular flexibility index (Phi) is 6.74. The van der Waals surface area contributed by atoms with Crippen molar-refractivity contribution >= 4 is 17.5 Å². The molecule has 0 aromatic carbocycles. The van der Waals surface area contributed by atoms with Crippen LogP contribution in [0, 0.1) is 6.92 Å². The predicted molar refractivity (Wildman–Crippen MR) is 93.8 cm³/mol. The summed E-state index contributed by atoms with van der Waals surface area (Å²) in [6, 6.07) is 0.